The van der Waals surface area contributed by atoms with Crippen molar-refractivity contribution in [3.8, 4) is 0 Å². The van der Waals surface area contributed by atoms with Crippen molar-refractivity contribution in [2.24, 2.45) is 11.8 Å². The molecule has 102 valence electrons. The molecule has 0 spiro atoms. The third kappa shape index (κ3) is 4.24. The predicted molar refractivity (Wildman–Crippen MR) is 74.4 cm³/mol. The molecule has 1 aliphatic heterocycles. The lowest BCUT2D eigenvalue weighted by molar-refractivity contribution is 0.377. The highest BCUT2D eigenvalue weighted by atomic mass is 32.2. The highest BCUT2D eigenvalue weighted by molar-refractivity contribution is 7.99. The molecular weight excluding hydrogens is 246 g/mol. The van der Waals surface area contributed by atoms with Crippen molar-refractivity contribution in [2.45, 2.75) is 39.8 Å². The predicted octanol–water partition coefficient (Wildman–Crippen LogP) is 1.56. The molecule has 5 nitrogen and oxygen atoms in total. The van der Waals surface area contributed by atoms with Gasteiger partial charge in [-0.2, -0.15) is 11.8 Å². The monoisotopic (exact) mass is 269 g/mol. The first kappa shape index (κ1) is 13.8. The first-order chi connectivity index (χ1) is 8.75. The molecule has 0 radical (unpaired) electrons. The molecular formula is C12H23N5S. The Balaban J connectivity index is 1.82. The summed E-state index contributed by atoms with van der Waals surface area (Å²) in [5, 5.41) is 15.4. The molecule has 6 heteroatoms. The fraction of sp³-hybridized carbons (Fsp3) is 0.917. The van der Waals surface area contributed by atoms with Gasteiger partial charge in [0.25, 0.3) is 0 Å². The van der Waals surface area contributed by atoms with Crippen molar-refractivity contribution in [1.82, 2.24) is 25.5 Å². The summed E-state index contributed by atoms with van der Waals surface area (Å²) in [7, 11) is 0. The van der Waals surface area contributed by atoms with E-state index >= 15 is 0 Å². The Morgan fingerprint density at radius 3 is 2.89 bits per heavy atom. The summed E-state index contributed by atoms with van der Waals surface area (Å²) < 4.78 is 1.98. The number of nitrogens with zero attached hydrogens (tertiary/aromatic N) is 4. The maximum atomic E-state index is 4.12. The van der Waals surface area contributed by atoms with E-state index in [2.05, 4.69) is 46.5 Å². The van der Waals surface area contributed by atoms with Gasteiger partial charge in [0.1, 0.15) is 0 Å². The maximum absolute atomic E-state index is 4.12. The largest absolute Gasteiger partial charge is 0.310 e. The van der Waals surface area contributed by atoms with E-state index in [4.69, 9.17) is 0 Å². The molecule has 1 aromatic heterocycles. The quantitative estimate of drug-likeness (QED) is 0.849. The van der Waals surface area contributed by atoms with Crippen LogP contribution in [0.15, 0.2) is 0 Å². The van der Waals surface area contributed by atoms with Crippen LogP contribution in [0.1, 0.15) is 32.5 Å². The van der Waals surface area contributed by atoms with E-state index in [1.54, 1.807) is 0 Å². The molecule has 2 heterocycles. The number of rotatable bonds is 6. The van der Waals surface area contributed by atoms with Gasteiger partial charge in [-0.1, -0.05) is 13.8 Å². The number of hydrogen-bond donors (Lipinski definition) is 1. The van der Waals surface area contributed by atoms with Crippen molar-refractivity contribution in [3.05, 3.63) is 5.82 Å². The molecule has 1 aromatic rings. The summed E-state index contributed by atoms with van der Waals surface area (Å²) >= 11 is 2.06. The molecule has 0 aliphatic carbocycles. The smallest absolute Gasteiger partial charge is 0.165 e. The zero-order chi connectivity index (χ0) is 12.8. The Kier molecular flexibility index (Phi) is 5.44. The van der Waals surface area contributed by atoms with Gasteiger partial charge in [0, 0.05) is 6.54 Å². The van der Waals surface area contributed by atoms with E-state index in [1.807, 2.05) is 4.68 Å². The Hall–Kier alpha value is -0.620. The molecule has 0 saturated carbocycles. The van der Waals surface area contributed by atoms with E-state index in [0.29, 0.717) is 5.92 Å². The molecule has 18 heavy (non-hydrogen) atoms. The van der Waals surface area contributed by atoms with Crippen LogP contribution in [0.5, 0.6) is 0 Å². The molecule has 2 rings (SSSR count). The Morgan fingerprint density at radius 1 is 1.39 bits per heavy atom. The molecule has 1 fully saturated rings. The summed E-state index contributed by atoms with van der Waals surface area (Å²) in [6.45, 7) is 7.16. The van der Waals surface area contributed by atoms with Crippen molar-refractivity contribution < 1.29 is 0 Å². The minimum absolute atomic E-state index is 0.657. The third-order valence-corrected chi connectivity index (χ3v) is 4.26. The summed E-state index contributed by atoms with van der Waals surface area (Å²) in [5.41, 5.74) is 0. The fourth-order valence-corrected chi connectivity index (χ4v) is 3.34. The van der Waals surface area contributed by atoms with Gasteiger partial charge in [-0.3, -0.25) is 0 Å². The van der Waals surface area contributed by atoms with Crippen molar-refractivity contribution in [1.29, 1.82) is 0 Å². The van der Waals surface area contributed by atoms with Gasteiger partial charge < -0.3 is 5.32 Å². The van der Waals surface area contributed by atoms with Crippen LogP contribution in [0.3, 0.4) is 0 Å². The normalized spacial score (nSPS) is 17.5. The van der Waals surface area contributed by atoms with E-state index in [0.717, 1.165) is 31.4 Å². The molecule has 1 saturated heterocycles. The van der Waals surface area contributed by atoms with Crippen molar-refractivity contribution >= 4 is 11.8 Å². The Morgan fingerprint density at radius 2 is 2.17 bits per heavy atom. The molecule has 1 aliphatic rings. The van der Waals surface area contributed by atoms with Gasteiger partial charge in [0.2, 0.25) is 0 Å². The van der Waals surface area contributed by atoms with Gasteiger partial charge in [0.15, 0.2) is 5.82 Å². The first-order valence-electron chi connectivity index (χ1n) is 6.79. The van der Waals surface area contributed by atoms with Crippen LogP contribution in [-0.2, 0) is 13.1 Å². The van der Waals surface area contributed by atoms with Crippen LogP contribution in [0.4, 0.5) is 0 Å². The molecule has 1 N–H and O–H groups in total. The second-order valence-corrected chi connectivity index (χ2v) is 6.58. The number of thioether (sulfide) groups is 1. The number of tetrazole rings is 1. The van der Waals surface area contributed by atoms with E-state index in [1.165, 1.54) is 24.3 Å². The SMILES string of the molecule is CC(C)CNCc1nnnn1CC1CCSCC1. The lowest BCUT2D eigenvalue weighted by atomic mass is 10.0. The van der Waals surface area contributed by atoms with Crippen LogP contribution in [0, 0.1) is 11.8 Å². The van der Waals surface area contributed by atoms with Crippen molar-refractivity contribution in [3.63, 3.8) is 0 Å². The van der Waals surface area contributed by atoms with Crippen LogP contribution in [0.2, 0.25) is 0 Å². The lowest BCUT2D eigenvalue weighted by Gasteiger charge is -2.21. The summed E-state index contributed by atoms with van der Waals surface area (Å²) in [6.07, 6.45) is 2.59. The molecule has 0 amide bonds. The van der Waals surface area contributed by atoms with Crippen LogP contribution in [0.25, 0.3) is 0 Å². The second kappa shape index (κ2) is 7.09. The van der Waals surface area contributed by atoms with Gasteiger partial charge in [-0.05, 0) is 53.2 Å². The summed E-state index contributed by atoms with van der Waals surface area (Å²) in [4.78, 5) is 0. The summed E-state index contributed by atoms with van der Waals surface area (Å²) in [5.74, 6) is 4.94. The molecule has 0 bridgehead atoms. The zero-order valence-corrected chi connectivity index (χ0v) is 12.1. The molecule has 0 atom stereocenters. The van der Waals surface area contributed by atoms with E-state index in [-0.39, 0.29) is 0 Å². The van der Waals surface area contributed by atoms with Gasteiger partial charge in [-0.15, -0.1) is 5.10 Å². The zero-order valence-electron chi connectivity index (χ0n) is 11.3. The highest BCUT2D eigenvalue weighted by Crippen LogP contribution is 2.23. The minimum atomic E-state index is 0.657. The topological polar surface area (TPSA) is 55.6 Å². The fourth-order valence-electron chi connectivity index (χ4n) is 2.14. The van der Waals surface area contributed by atoms with Gasteiger partial charge in [-0.25, -0.2) is 4.68 Å². The minimum Gasteiger partial charge on any atom is -0.310 e. The summed E-state index contributed by atoms with van der Waals surface area (Å²) in [6, 6.07) is 0. The average molecular weight is 269 g/mol. The van der Waals surface area contributed by atoms with E-state index in [9.17, 15) is 0 Å². The molecule has 0 unspecified atom stereocenters. The highest BCUT2D eigenvalue weighted by Gasteiger charge is 2.16. The van der Waals surface area contributed by atoms with Crippen molar-refractivity contribution in [2.75, 3.05) is 18.1 Å². The lowest BCUT2D eigenvalue weighted by Crippen LogP contribution is -2.24. The Labute approximate surface area is 113 Å². The standard InChI is InChI=1S/C12H23N5S/c1-10(2)7-13-8-12-14-15-16-17(12)9-11-3-5-18-6-4-11/h10-11,13H,3-9H2,1-2H3. The third-order valence-electron chi connectivity index (χ3n) is 3.21. The number of hydrogen-bond acceptors (Lipinski definition) is 5. The van der Waals surface area contributed by atoms with Gasteiger partial charge >= 0.3 is 0 Å². The van der Waals surface area contributed by atoms with Crippen LogP contribution >= 0.6 is 11.8 Å². The van der Waals surface area contributed by atoms with Crippen LogP contribution < -0.4 is 5.32 Å². The number of nitrogens with one attached hydrogen (secondary N) is 1. The maximum Gasteiger partial charge on any atom is 0.165 e. The number of aromatic nitrogens is 4. The average Bonchev–Trinajstić information content (AvgIpc) is 2.78. The van der Waals surface area contributed by atoms with Gasteiger partial charge in [0.05, 0.1) is 6.54 Å². The second-order valence-electron chi connectivity index (χ2n) is 5.36. The molecule has 0 aromatic carbocycles. The first-order valence-corrected chi connectivity index (χ1v) is 7.94. The Bertz CT molecular complexity index is 346. The van der Waals surface area contributed by atoms with E-state index < -0.39 is 0 Å². The van der Waals surface area contributed by atoms with Crippen LogP contribution in [-0.4, -0.2) is 38.3 Å².